The summed E-state index contributed by atoms with van der Waals surface area (Å²) in [6.07, 6.45) is 2.43. The molecule has 0 atom stereocenters. The van der Waals surface area contributed by atoms with Gasteiger partial charge in [-0.3, -0.25) is 4.79 Å². The van der Waals surface area contributed by atoms with Gasteiger partial charge in [0.15, 0.2) is 0 Å². The van der Waals surface area contributed by atoms with Crippen molar-refractivity contribution in [2.45, 2.75) is 25.7 Å². The quantitative estimate of drug-likeness (QED) is 0.521. The first-order valence-electron chi connectivity index (χ1n) is 11.0. The van der Waals surface area contributed by atoms with Crippen LogP contribution in [0.5, 0.6) is 11.5 Å². The summed E-state index contributed by atoms with van der Waals surface area (Å²) in [5.41, 5.74) is 1.15. The number of benzene rings is 2. The van der Waals surface area contributed by atoms with Crippen molar-refractivity contribution in [3.8, 4) is 11.5 Å². The summed E-state index contributed by atoms with van der Waals surface area (Å²) in [4.78, 5) is 12.4. The second kappa shape index (κ2) is 11.9. The first-order chi connectivity index (χ1) is 15.5. The lowest BCUT2D eigenvalue weighted by atomic mass is 9.97. The first-order valence-corrected chi connectivity index (χ1v) is 12.6. The molecule has 0 spiro atoms. The van der Waals surface area contributed by atoms with E-state index in [9.17, 15) is 13.2 Å². The van der Waals surface area contributed by atoms with Gasteiger partial charge < -0.3 is 14.8 Å². The molecule has 0 aromatic heterocycles. The van der Waals surface area contributed by atoms with Gasteiger partial charge in [0.1, 0.15) is 18.1 Å². The molecule has 0 radical (unpaired) electrons. The van der Waals surface area contributed by atoms with Crippen molar-refractivity contribution in [3.05, 3.63) is 60.2 Å². The summed E-state index contributed by atoms with van der Waals surface area (Å²) in [6.45, 7) is 1.54. The second-order valence-electron chi connectivity index (χ2n) is 7.90. The largest absolute Gasteiger partial charge is 0.497 e. The fourth-order valence-corrected chi connectivity index (χ4v) is 5.34. The number of sulfonamides is 1. The molecular formula is C24H32N2O5S. The molecule has 3 rings (SSSR count). The third kappa shape index (κ3) is 7.24. The molecule has 32 heavy (non-hydrogen) atoms. The van der Waals surface area contributed by atoms with Crippen LogP contribution < -0.4 is 14.8 Å². The Morgan fingerprint density at radius 3 is 2.50 bits per heavy atom. The third-order valence-electron chi connectivity index (χ3n) is 5.64. The molecule has 1 N–H and O–H groups in total. The Morgan fingerprint density at radius 1 is 1.06 bits per heavy atom. The molecule has 1 amide bonds. The summed E-state index contributed by atoms with van der Waals surface area (Å²) < 4.78 is 37.6. The van der Waals surface area contributed by atoms with Gasteiger partial charge in [-0.2, -0.15) is 0 Å². The number of amides is 1. The van der Waals surface area contributed by atoms with E-state index in [0.717, 1.165) is 12.0 Å². The highest BCUT2D eigenvalue weighted by Gasteiger charge is 2.30. The smallest absolute Gasteiger partial charge is 0.223 e. The van der Waals surface area contributed by atoms with Crippen molar-refractivity contribution >= 4 is 15.9 Å². The minimum atomic E-state index is -3.29. The van der Waals surface area contributed by atoms with E-state index in [1.54, 1.807) is 13.2 Å². The number of piperidine rings is 1. The van der Waals surface area contributed by atoms with Crippen molar-refractivity contribution in [2.24, 2.45) is 5.92 Å². The lowest BCUT2D eigenvalue weighted by Gasteiger charge is -2.30. The number of aryl methyl sites for hydroxylation is 1. The Kier molecular flexibility index (Phi) is 8.93. The van der Waals surface area contributed by atoms with E-state index in [4.69, 9.17) is 9.47 Å². The van der Waals surface area contributed by atoms with Crippen molar-refractivity contribution in [3.63, 3.8) is 0 Å². The maximum Gasteiger partial charge on any atom is 0.223 e. The van der Waals surface area contributed by atoms with Gasteiger partial charge in [0.05, 0.1) is 19.4 Å². The Balaban J connectivity index is 1.34. The first kappa shape index (κ1) is 24.1. The minimum absolute atomic E-state index is 0.0413. The zero-order valence-corrected chi connectivity index (χ0v) is 19.4. The summed E-state index contributed by atoms with van der Waals surface area (Å²) >= 11 is 0. The van der Waals surface area contributed by atoms with Crippen LogP contribution in [-0.4, -0.2) is 57.7 Å². The fourth-order valence-electron chi connectivity index (χ4n) is 3.81. The van der Waals surface area contributed by atoms with Crippen LogP contribution in [0.3, 0.4) is 0 Å². The maximum atomic E-state index is 12.6. The topological polar surface area (TPSA) is 84.9 Å². The minimum Gasteiger partial charge on any atom is -0.497 e. The molecule has 0 unspecified atom stereocenters. The van der Waals surface area contributed by atoms with Gasteiger partial charge in [0.25, 0.3) is 0 Å². The van der Waals surface area contributed by atoms with Crippen LogP contribution in [0.2, 0.25) is 0 Å². The predicted molar refractivity (Wildman–Crippen MR) is 124 cm³/mol. The van der Waals surface area contributed by atoms with Crippen LogP contribution in [0, 0.1) is 5.92 Å². The second-order valence-corrected chi connectivity index (χ2v) is 9.99. The fraction of sp³-hybridized carbons (Fsp3) is 0.458. The Hall–Kier alpha value is -2.58. The predicted octanol–water partition coefficient (Wildman–Crippen LogP) is 2.86. The summed E-state index contributed by atoms with van der Waals surface area (Å²) in [7, 11) is -1.69. The van der Waals surface area contributed by atoms with Gasteiger partial charge in [-0.25, -0.2) is 12.7 Å². The molecule has 7 nitrogen and oxygen atoms in total. The lowest BCUT2D eigenvalue weighted by Crippen LogP contribution is -2.44. The highest BCUT2D eigenvalue weighted by molar-refractivity contribution is 7.89. The number of ether oxygens (including phenoxy) is 2. The molecule has 0 aliphatic carbocycles. The molecule has 1 heterocycles. The number of carbonyl (C=O) groups is 1. The Morgan fingerprint density at radius 2 is 1.78 bits per heavy atom. The van der Waals surface area contributed by atoms with Gasteiger partial charge >= 0.3 is 0 Å². The van der Waals surface area contributed by atoms with Crippen molar-refractivity contribution in [2.75, 3.05) is 39.1 Å². The standard InChI is InChI=1S/C24H32N2O5S/c1-30-22-10-5-11-23(19-22)31-17-14-25-24(27)21-12-15-26(16-13-21)32(28,29)18-6-9-20-7-3-2-4-8-20/h2-5,7-8,10-11,19,21H,6,9,12-18H2,1H3,(H,25,27). The van der Waals surface area contributed by atoms with Crippen LogP contribution >= 0.6 is 0 Å². The number of rotatable bonds is 11. The van der Waals surface area contributed by atoms with Gasteiger partial charge in [0.2, 0.25) is 15.9 Å². The highest BCUT2D eigenvalue weighted by Crippen LogP contribution is 2.21. The molecule has 1 fully saturated rings. The molecule has 8 heteroatoms. The summed E-state index contributed by atoms with van der Waals surface area (Å²) in [5, 5.41) is 2.89. The number of methoxy groups -OCH3 is 1. The number of nitrogens with zero attached hydrogens (tertiary/aromatic N) is 1. The Labute approximate surface area is 190 Å². The van der Waals surface area contributed by atoms with Crippen LogP contribution in [0.15, 0.2) is 54.6 Å². The van der Waals surface area contributed by atoms with Gasteiger partial charge in [0, 0.05) is 25.1 Å². The van der Waals surface area contributed by atoms with E-state index in [1.807, 2.05) is 48.5 Å². The zero-order valence-electron chi connectivity index (χ0n) is 18.5. The average molecular weight is 461 g/mol. The van der Waals surface area contributed by atoms with Crippen molar-refractivity contribution < 1.29 is 22.7 Å². The van der Waals surface area contributed by atoms with E-state index in [0.29, 0.717) is 57.0 Å². The molecule has 1 saturated heterocycles. The Bertz CT molecular complexity index is 957. The van der Waals surface area contributed by atoms with Crippen molar-refractivity contribution in [1.82, 2.24) is 9.62 Å². The molecule has 0 bridgehead atoms. The van der Waals surface area contributed by atoms with Crippen LogP contribution in [0.1, 0.15) is 24.8 Å². The van der Waals surface area contributed by atoms with Crippen LogP contribution in [-0.2, 0) is 21.2 Å². The van der Waals surface area contributed by atoms with Gasteiger partial charge in [-0.05, 0) is 43.4 Å². The molecular weight excluding hydrogens is 428 g/mol. The van der Waals surface area contributed by atoms with E-state index in [1.165, 1.54) is 4.31 Å². The number of carbonyl (C=O) groups excluding carboxylic acids is 1. The molecule has 1 aliphatic rings. The maximum absolute atomic E-state index is 12.6. The van der Waals surface area contributed by atoms with E-state index in [-0.39, 0.29) is 17.6 Å². The van der Waals surface area contributed by atoms with E-state index in [2.05, 4.69) is 5.32 Å². The van der Waals surface area contributed by atoms with Gasteiger partial charge in [-0.1, -0.05) is 36.4 Å². The highest BCUT2D eigenvalue weighted by atomic mass is 32.2. The summed E-state index contributed by atoms with van der Waals surface area (Å²) in [6, 6.07) is 17.2. The summed E-state index contributed by atoms with van der Waals surface area (Å²) in [5.74, 6) is 1.33. The number of hydrogen-bond acceptors (Lipinski definition) is 5. The van der Waals surface area contributed by atoms with Gasteiger partial charge in [-0.15, -0.1) is 0 Å². The van der Waals surface area contributed by atoms with Crippen LogP contribution in [0.4, 0.5) is 0 Å². The zero-order chi connectivity index (χ0) is 22.8. The molecule has 2 aromatic rings. The van der Waals surface area contributed by atoms with Crippen LogP contribution in [0.25, 0.3) is 0 Å². The molecule has 0 saturated carbocycles. The molecule has 1 aliphatic heterocycles. The third-order valence-corrected chi connectivity index (χ3v) is 7.60. The monoisotopic (exact) mass is 460 g/mol. The SMILES string of the molecule is COc1cccc(OCCNC(=O)C2CCN(S(=O)(=O)CCCc3ccccc3)CC2)c1. The number of nitrogens with one attached hydrogen (secondary N) is 1. The number of hydrogen-bond donors (Lipinski definition) is 1. The lowest BCUT2D eigenvalue weighted by molar-refractivity contribution is -0.126. The van der Waals surface area contributed by atoms with Crippen molar-refractivity contribution in [1.29, 1.82) is 0 Å². The molecule has 2 aromatic carbocycles. The molecule has 174 valence electrons. The average Bonchev–Trinajstić information content (AvgIpc) is 2.82. The normalized spacial score (nSPS) is 15.3. The van der Waals surface area contributed by atoms with E-state index >= 15 is 0 Å². The van der Waals surface area contributed by atoms with E-state index < -0.39 is 10.0 Å².